The molecule has 1 aromatic carbocycles. The van der Waals surface area contributed by atoms with Crippen molar-refractivity contribution >= 4 is 62.1 Å². The second-order valence-corrected chi connectivity index (χ2v) is 10.5. The van der Waals surface area contributed by atoms with E-state index in [0.29, 0.717) is 28.9 Å². The van der Waals surface area contributed by atoms with Gasteiger partial charge in [-0.05, 0) is 31.0 Å². The van der Waals surface area contributed by atoms with Crippen molar-refractivity contribution in [2.45, 2.75) is 43.6 Å². The summed E-state index contributed by atoms with van der Waals surface area (Å²) in [6, 6.07) is 5.22. The molecular weight excluding hydrogens is 500 g/mol. The highest BCUT2D eigenvalue weighted by atomic mass is 79.9. The third-order valence-electron chi connectivity index (χ3n) is 4.98. The first-order chi connectivity index (χ1) is 14.9. The highest BCUT2D eigenvalue weighted by Crippen LogP contribution is 2.30. The number of hydrogen-bond donors (Lipinski definition) is 1. The van der Waals surface area contributed by atoms with Crippen LogP contribution in [0.15, 0.2) is 34.0 Å². The number of carbonyl (C=O) groups is 1. The van der Waals surface area contributed by atoms with Crippen LogP contribution in [0.1, 0.15) is 37.0 Å². The van der Waals surface area contributed by atoms with Crippen LogP contribution in [0.5, 0.6) is 0 Å². The summed E-state index contributed by atoms with van der Waals surface area (Å²) in [5.74, 6) is 0.744. The van der Waals surface area contributed by atoms with Crippen molar-refractivity contribution < 1.29 is 4.79 Å². The Morgan fingerprint density at radius 2 is 2.06 bits per heavy atom. The normalized spacial score (nSPS) is 14.0. The number of rotatable bonds is 7. The van der Waals surface area contributed by atoms with E-state index < -0.39 is 0 Å². The van der Waals surface area contributed by atoms with Crippen LogP contribution in [0.3, 0.4) is 0 Å². The van der Waals surface area contributed by atoms with E-state index >= 15 is 0 Å². The lowest BCUT2D eigenvalue weighted by molar-refractivity contribution is 0.0952. The average Bonchev–Trinajstić information content (AvgIpc) is 3.39. The van der Waals surface area contributed by atoms with Crippen LogP contribution in [0.2, 0.25) is 5.02 Å². The summed E-state index contributed by atoms with van der Waals surface area (Å²) in [5.41, 5.74) is 1.24. The second kappa shape index (κ2) is 9.75. The van der Waals surface area contributed by atoms with Crippen LogP contribution in [-0.4, -0.2) is 50.5 Å². The SMILES string of the molecule is CC(C)Sc1nc(N2CCCC2)c2cnn(CCNC(=O)c3cc(Br)ccc3Cl)c2n1. The molecule has 0 saturated carbocycles. The van der Waals surface area contributed by atoms with Crippen LogP contribution < -0.4 is 10.2 Å². The molecule has 0 spiro atoms. The Hall–Kier alpha value is -1.84. The third kappa shape index (κ3) is 5.15. The Balaban J connectivity index is 1.54. The first-order valence-corrected chi connectivity index (χ1v) is 12.4. The van der Waals surface area contributed by atoms with Crippen molar-refractivity contribution in [1.29, 1.82) is 0 Å². The third-order valence-corrected chi connectivity index (χ3v) is 6.67. The highest BCUT2D eigenvalue weighted by molar-refractivity contribution is 9.10. The van der Waals surface area contributed by atoms with Gasteiger partial charge in [0, 0.05) is 29.4 Å². The molecule has 1 amide bonds. The number of fused-ring (bicyclic) bond motifs is 1. The maximum absolute atomic E-state index is 12.5. The molecule has 4 rings (SSSR count). The summed E-state index contributed by atoms with van der Waals surface area (Å²) in [6.45, 7) is 7.19. The first-order valence-electron chi connectivity index (χ1n) is 10.3. The molecule has 1 fully saturated rings. The zero-order chi connectivity index (χ0) is 22.0. The minimum atomic E-state index is -0.216. The van der Waals surface area contributed by atoms with Crippen LogP contribution >= 0.6 is 39.3 Å². The highest BCUT2D eigenvalue weighted by Gasteiger charge is 2.21. The van der Waals surface area contributed by atoms with E-state index in [9.17, 15) is 4.79 Å². The van der Waals surface area contributed by atoms with Gasteiger partial charge in [-0.3, -0.25) is 4.79 Å². The number of nitrogens with zero attached hydrogens (tertiary/aromatic N) is 5. The Morgan fingerprint density at radius 3 is 2.81 bits per heavy atom. The lowest BCUT2D eigenvalue weighted by Crippen LogP contribution is -2.28. The summed E-state index contributed by atoms with van der Waals surface area (Å²) in [6.07, 6.45) is 4.19. The van der Waals surface area contributed by atoms with Crippen LogP contribution in [0, 0.1) is 0 Å². The first kappa shape index (κ1) is 22.4. The van der Waals surface area contributed by atoms with E-state index in [4.69, 9.17) is 21.6 Å². The number of benzene rings is 1. The van der Waals surface area contributed by atoms with Gasteiger partial charge in [-0.2, -0.15) is 5.10 Å². The quantitative estimate of drug-likeness (QED) is 0.355. The molecule has 2 aromatic heterocycles. The molecule has 3 heterocycles. The van der Waals surface area contributed by atoms with Gasteiger partial charge in [0.25, 0.3) is 5.91 Å². The minimum absolute atomic E-state index is 0.216. The predicted molar refractivity (Wildman–Crippen MR) is 129 cm³/mol. The van der Waals surface area contributed by atoms with Gasteiger partial charge in [-0.15, -0.1) is 0 Å². The van der Waals surface area contributed by atoms with Crippen molar-refractivity contribution in [3.63, 3.8) is 0 Å². The predicted octanol–water partition coefficient (Wildman–Crippen LogP) is 4.77. The molecule has 1 aliphatic heterocycles. The van der Waals surface area contributed by atoms with E-state index in [2.05, 4.69) is 45.1 Å². The molecule has 0 unspecified atom stereocenters. The molecule has 0 atom stereocenters. The molecule has 0 aliphatic carbocycles. The summed E-state index contributed by atoms with van der Waals surface area (Å²) < 4.78 is 2.64. The molecule has 10 heteroatoms. The van der Waals surface area contributed by atoms with E-state index in [1.54, 1.807) is 30.0 Å². The van der Waals surface area contributed by atoms with Gasteiger partial charge in [0.05, 0.1) is 28.7 Å². The van der Waals surface area contributed by atoms with Crippen molar-refractivity contribution in [3.8, 4) is 0 Å². The molecule has 1 N–H and O–H groups in total. The summed E-state index contributed by atoms with van der Waals surface area (Å²) in [5, 5.41) is 9.98. The average molecular weight is 524 g/mol. The fourth-order valence-corrected chi connectivity index (χ4v) is 4.82. The standard InChI is InChI=1S/C21H24BrClN6OS/c1-13(2)31-21-26-18(28-8-3-4-9-28)16-12-25-29(19(16)27-21)10-7-24-20(30)15-11-14(22)5-6-17(15)23/h5-6,11-13H,3-4,7-10H2,1-2H3,(H,24,30). The van der Waals surface area contributed by atoms with Crippen LogP contribution in [0.25, 0.3) is 11.0 Å². The maximum Gasteiger partial charge on any atom is 0.252 e. The molecule has 0 radical (unpaired) electrons. The lowest BCUT2D eigenvalue weighted by atomic mass is 10.2. The van der Waals surface area contributed by atoms with E-state index in [0.717, 1.165) is 39.6 Å². The molecule has 1 aliphatic rings. The largest absolute Gasteiger partial charge is 0.356 e. The number of halogens is 2. The van der Waals surface area contributed by atoms with Gasteiger partial charge in [0.1, 0.15) is 5.82 Å². The zero-order valence-corrected chi connectivity index (χ0v) is 20.6. The molecular formula is C21H24BrClN6OS. The maximum atomic E-state index is 12.5. The van der Waals surface area contributed by atoms with E-state index in [-0.39, 0.29) is 5.91 Å². The summed E-state index contributed by atoms with van der Waals surface area (Å²) in [7, 11) is 0. The molecule has 164 valence electrons. The lowest BCUT2D eigenvalue weighted by Gasteiger charge is -2.18. The number of anilines is 1. The molecule has 7 nitrogen and oxygen atoms in total. The van der Waals surface area contributed by atoms with Gasteiger partial charge >= 0.3 is 0 Å². The number of carbonyl (C=O) groups excluding carboxylic acids is 1. The number of thioether (sulfide) groups is 1. The topological polar surface area (TPSA) is 75.9 Å². The number of aromatic nitrogens is 4. The number of nitrogens with one attached hydrogen (secondary N) is 1. The molecule has 31 heavy (non-hydrogen) atoms. The second-order valence-electron chi connectivity index (χ2n) is 7.68. The van der Waals surface area contributed by atoms with Crippen molar-refractivity contribution in [3.05, 3.63) is 39.5 Å². The van der Waals surface area contributed by atoms with Crippen molar-refractivity contribution in [1.82, 2.24) is 25.1 Å². The Kier molecular flexibility index (Phi) is 7.03. The van der Waals surface area contributed by atoms with E-state index in [1.807, 2.05) is 10.9 Å². The smallest absolute Gasteiger partial charge is 0.252 e. The Bertz CT molecular complexity index is 1100. The van der Waals surface area contributed by atoms with Gasteiger partial charge in [0.2, 0.25) is 0 Å². The van der Waals surface area contributed by atoms with Gasteiger partial charge in [-0.25, -0.2) is 14.6 Å². The monoisotopic (exact) mass is 522 g/mol. The van der Waals surface area contributed by atoms with Crippen LogP contribution in [0.4, 0.5) is 5.82 Å². The van der Waals surface area contributed by atoms with Crippen LogP contribution in [-0.2, 0) is 6.54 Å². The minimum Gasteiger partial charge on any atom is -0.356 e. The fraction of sp³-hybridized carbons (Fsp3) is 0.429. The summed E-state index contributed by atoms with van der Waals surface area (Å²) in [4.78, 5) is 24.5. The number of amides is 1. The van der Waals surface area contributed by atoms with Crippen molar-refractivity contribution in [2.75, 3.05) is 24.5 Å². The molecule has 3 aromatic rings. The van der Waals surface area contributed by atoms with Gasteiger partial charge in [-0.1, -0.05) is 53.1 Å². The molecule has 0 bridgehead atoms. The molecule has 1 saturated heterocycles. The van der Waals surface area contributed by atoms with Crippen molar-refractivity contribution in [2.24, 2.45) is 0 Å². The zero-order valence-electron chi connectivity index (χ0n) is 17.4. The van der Waals surface area contributed by atoms with Gasteiger partial charge in [0.15, 0.2) is 10.8 Å². The van der Waals surface area contributed by atoms with Gasteiger partial charge < -0.3 is 10.2 Å². The fourth-order valence-electron chi connectivity index (χ4n) is 3.56. The Labute approximate surface area is 199 Å². The number of hydrogen-bond acceptors (Lipinski definition) is 6. The van der Waals surface area contributed by atoms with E-state index in [1.165, 1.54) is 12.8 Å². The Morgan fingerprint density at radius 1 is 1.29 bits per heavy atom. The summed E-state index contributed by atoms with van der Waals surface area (Å²) >= 11 is 11.2.